The van der Waals surface area contributed by atoms with Gasteiger partial charge in [-0.3, -0.25) is 0 Å². The maximum atomic E-state index is 4.32. The Hall–Kier alpha value is -0.450. The minimum atomic E-state index is 0.526. The first-order chi connectivity index (χ1) is 7.70. The zero-order chi connectivity index (χ0) is 11.8. The van der Waals surface area contributed by atoms with Gasteiger partial charge in [0, 0.05) is 30.1 Å². The first-order valence-electron chi connectivity index (χ1n) is 6.03. The van der Waals surface area contributed by atoms with E-state index in [0.29, 0.717) is 12.0 Å². The Morgan fingerprint density at radius 3 is 2.75 bits per heavy atom. The summed E-state index contributed by atoms with van der Waals surface area (Å²) >= 11 is 1.74. The largest absolute Gasteiger partial charge is 0.316 e. The molecule has 0 aliphatic carbocycles. The molecule has 1 heterocycles. The molecule has 0 aliphatic rings. The molecule has 1 rings (SSSR count). The molecule has 0 saturated heterocycles. The van der Waals surface area contributed by atoms with E-state index in [0.717, 1.165) is 19.6 Å². The molecule has 1 aromatic heterocycles. The highest BCUT2D eigenvalue weighted by Crippen LogP contribution is 2.16. The Bertz CT molecular complexity index is 259. The number of rotatable bonds is 8. The second kappa shape index (κ2) is 7.76. The molecule has 4 heteroatoms. The molecule has 1 unspecified atom stereocenters. The lowest BCUT2D eigenvalue weighted by molar-refractivity contribution is 0.536. The zero-order valence-corrected chi connectivity index (χ0v) is 11.3. The van der Waals surface area contributed by atoms with Gasteiger partial charge in [0.1, 0.15) is 0 Å². The Kier molecular flexibility index (Phi) is 6.61. The lowest BCUT2D eigenvalue weighted by Crippen LogP contribution is -2.28. The van der Waals surface area contributed by atoms with Crippen molar-refractivity contribution in [2.24, 2.45) is 0 Å². The normalized spacial score (nSPS) is 13.2. The van der Waals surface area contributed by atoms with Gasteiger partial charge in [-0.15, -0.1) is 11.3 Å². The van der Waals surface area contributed by atoms with Crippen molar-refractivity contribution in [1.29, 1.82) is 0 Å². The molecule has 0 aliphatic heterocycles. The molecule has 0 aromatic carbocycles. The van der Waals surface area contributed by atoms with Gasteiger partial charge in [-0.2, -0.15) is 0 Å². The second-order valence-corrected chi connectivity index (χ2v) is 5.36. The monoisotopic (exact) mass is 241 g/mol. The minimum absolute atomic E-state index is 0.526. The maximum Gasteiger partial charge on any atom is 0.0965 e. The summed E-state index contributed by atoms with van der Waals surface area (Å²) in [5.41, 5.74) is 0. The van der Waals surface area contributed by atoms with Crippen LogP contribution in [0.1, 0.15) is 38.1 Å². The van der Waals surface area contributed by atoms with Crippen molar-refractivity contribution in [2.75, 3.05) is 19.6 Å². The summed E-state index contributed by atoms with van der Waals surface area (Å²) in [7, 11) is 0. The van der Waals surface area contributed by atoms with E-state index < -0.39 is 0 Å². The van der Waals surface area contributed by atoms with Gasteiger partial charge in [0.15, 0.2) is 0 Å². The Morgan fingerprint density at radius 2 is 2.12 bits per heavy atom. The first kappa shape index (κ1) is 13.6. The summed E-state index contributed by atoms with van der Waals surface area (Å²) in [6.07, 6.45) is 3.06. The molecule has 0 fully saturated rings. The van der Waals surface area contributed by atoms with Crippen LogP contribution in [0.15, 0.2) is 11.6 Å². The molecule has 2 N–H and O–H groups in total. The van der Waals surface area contributed by atoms with Gasteiger partial charge in [0.2, 0.25) is 0 Å². The van der Waals surface area contributed by atoms with Gasteiger partial charge >= 0.3 is 0 Å². The molecule has 3 nitrogen and oxygen atoms in total. The van der Waals surface area contributed by atoms with Crippen molar-refractivity contribution >= 4 is 11.3 Å². The average Bonchev–Trinajstić information content (AvgIpc) is 2.75. The molecule has 1 atom stereocenters. The molecule has 92 valence electrons. The van der Waals surface area contributed by atoms with Gasteiger partial charge in [-0.1, -0.05) is 20.8 Å². The number of nitrogens with zero attached hydrogens (tertiary/aromatic N) is 1. The van der Waals surface area contributed by atoms with Crippen LogP contribution in [0.3, 0.4) is 0 Å². The number of hydrogen-bond acceptors (Lipinski definition) is 4. The predicted octanol–water partition coefficient (Wildman–Crippen LogP) is 2.22. The lowest BCUT2D eigenvalue weighted by atomic mass is 10.2. The summed E-state index contributed by atoms with van der Waals surface area (Å²) in [6, 6.07) is 0.592. The van der Waals surface area contributed by atoms with Crippen molar-refractivity contribution < 1.29 is 0 Å². The predicted molar refractivity (Wildman–Crippen MR) is 71.2 cm³/mol. The Labute approximate surface area is 103 Å². The molecular weight excluding hydrogens is 218 g/mol. The standard InChI is InChI=1S/C12H23N3S/c1-10(2)14-6-4-5-13-9-11(3)12-15-7-8-16-12/h7-8,10-11,13-14H,4-6,9H2,1-3H3. The molecule has 0 radical (unpaired) electrons. The van der Waals surface area contributed by atoms with E-state index in [1.807, 2.05) is 11.6 Å². The lowest BCUT2D eigenvalue weighted by Gasteiger charge is -2.11. The third-order valence-electron chi connectivity index (χ3n) is 2.41. The van der Waals surface area contributed by atoms with Gasteiger partial charge < -0.3 is 10.6 Å². The van der Waals surface area contributed by atoms with E-state index in [2.05, 4.69) is 36.4 Å². The number of nitrogens with one attached hydrogen (secondary N) is 2. The van der Waals surface area contributed by atoms with Crippen LogP contribution in [0.5, 0.6) is 0 Å². The highest BCUT2D eigenvalue weighted by molar-refractivity contribution is 7.09. The maximum absolute atomic E-state index is 4.32. The molecular formula is C12H23N3S. The Morgan fingerprint density at radius 1 is 1.31 bits per heavy atom. The van der Waals surface area contributed by atoms with Crippen molar-refractivity contribution in [1.82, 2.24) is 15.6 Å². The van der Waals surface area contributed by atoms with Gasteiger partial charge in [0.25, 0.3) is 0 Å². The quantitative estimate of drug-likeness (QED) is 0.685. The van der Waals surface area contributed by atoms with Gasteiger partial charge in [-0.25, -0.2) is 4.98 Å². The second-order valence-electron chi connectivity index (χ2n) is 4.44. The Balaban J connectivity index is 1.99. The van der Waals surface area contributed by atoms with Crippen molar-refractivity contribution in [3.63, 3.8) is 0 Å². The zero-order valence-electron chi connectivity index (χ0n) is 10.5. The number of thiazole rings is 1. The van der Waals surface area contributed by atoms with Crippen molar-refractivity contribution in [3.8, 4) is 0 Å². The highest BCUT2D eigenvalue weighted by Gasteiger charge is 2.06. The van der Waals surface area contributed by atoms with E-state index >= 15 is 0 Å². The molecule has 16 heavy (non-hydrogen) atoms. The van der Waals surface area contributed by atoms with Crippen molar-refractivity contribution in [3.05, 3.63) is 16.6 Å². The summed E-state index contributed by atoms with van der Waals surface area (Å²) in [5.74, 6) is 0.526. The summed E-state index contributed by atoms with van der Waals surface area (Å²) in [5, 5.41) is 10.2. The van der Waals surface area contributed by atoms with Gasteiger partial charge in [0.05, 0.1) is 5.01 Å². The summed E-state index contributed by atoms with van der Waals surface area (Å²) in [6.45, 7) is 9.77. The average molecular weight is 241 g/mol. The van der Waals surface area contributed by atoms with Crippen LogP contribution in [0.25, 0.3) is 0 Å². The van der Waals surface area contributed by atoms with Crippen LogP contribution in [0.4, 0.5) is 0 Å². The van der Waals surface area contributed by atoms with Crippen LogP contribution < -0.4 is 10.6 Å². The van der Waals surface area contributed by atoms with Crippen LogP contribution in [0, 0.1) is 0 Å². The number of aromatic nitrogens is 1. The summed E-state index contributed by atoms with van der Waals surface area (Å²) < 4.78 is 0. The van der Waals surface area contributed by atoms with E-state index in [9.17, 15) is 0 Å². The smallest absolute Gasteiger partial charge is 0.0965 e. The molecule has 0 saturated carbocycles. The molecule has 0 amide bonds. The fourth-order valence-corrected chi connectivity index (χ4v) is 2.19. The number of hydrogen-bond donors (Lipinski definition) is 2. The molecule has 0 bridgehead atoms. The topological polar surface area (TPSA) is 37.0 Å². The third kappa shape index (κ3) is 5.58. The van der Waals surface area contributed by atoms with E-state index in [1.54, 1.807) is 11.3 Å². The summed E-state index contributed by atoms with van der Waals surface area (Å²) in [4.78, 5) is 4.32. The molecule has 1 aromatic rings. The van der Waals surface area contributed by atoms with Crippen LogP contribution >= 0.6 is 11.3 Å². The minimum Gasteiger partial charge on any atom is -0.316 e. The van der Waals surface area contributed by atoms with E-state index in [4.69, 9.17) is 0 Å². The van der Waals surface area contributed by atoms with Gasteiger partial charge in [-0.05, 0) is 19.5 Å². The van der Waals surface area contributed by atoms with E-state index in [-0.39, 0.29) is 0 Å². The third-order valence-corrected chi connectivity index (χ3v) is 3.41. The fraction of sp³-hybridized carbons (Fsp3) is 0.750. The first-order valence-corrected chi connectivity index (χ1v) is 6.91. The molecule has 0 spiro atoms. The SMILES string of the molecule is CC(C)NCCCNCC(C)c1nccs1. The van der Waals surface area contributed by atoms with Crippen molar-refractivity contribution in [2.45, 2.75) is 39.2 Å². The van der Waals surface area contributed by atoms with Crippen LogP contribution in [-0.2, 0) is 0 Å². The van der Waals surface area contributed by atoms with Crippen LogP contribution in [0.2, 0.25) is 0 Å². The fourth-order valence-electron chi connectivity index (χ4n) is 1.49. The van der Waals surface area contributed by atoms with Crippen LogP contribution in [-0.4, -0.2) is 30.7 Å². The van der Waals surface area contributed by atoms with E-state index in [1.165, 1.54) is 11.4 Å². The highest BCUT2D eigenvalue weighted by atomic mass is 32.1.